The van der Waals surface area contributed by atoms with E-state index in [1.54, 1.807) is 6.20 Å². The summed E-state index contributed by atoms with van der Waals surface area (Å²) >= 11 is 0. The molecule has 0 saturated carbocycles. The molecule has 0 fully saturated rings. The number of hydrogen-bond donors (Lipinski definition) is 2. The molecular formula is C16H15FN4. The fourth-order valence-corrected chi connectivity index (χ4v) is 2.53. The first-order valence-corrected chi connectivity index (χ1v) is 6.62. The second-order valence-electron chi connectivity index (χ2n) is 4.91. The highest BCUT2D eigenvalue weighted by molar-refractivity contribution is 5.83. The third-order valence-corrected chi connectivity index (χ3v) is 3.41. The van der Waals surface area contributed by atoms with Crippen molar-refractivity contribution in [3.63, 3.8) is 0 Å². The molecule has 3 rings (SSSR count). The van der Waals surface area contributed by atoms with Gasteiger partial charge >= 0.3 is 0 Å². The zero-order chi connectivity index (χ0) is 14.8. The minimum Gasteiger partial charge on any atom is -0.271 e. The Labute approximate surface area is 121 Å². The van der Waals surface area contributed by atoms with E-state index in [9.17, 15) is 4.39 Å². The van der Waals surface area contributed by atoms with Gasteiger partial charge in [0.1, 0.15) is 5.82 Å². The number of nitrogens with two attached hydrogens (primary N) is 1. The number of halogens is 1. The zero-order valence-electron chi connectivity index (χ0n) is 11.5. The zero-order valence-corrected chi connectivity index (χ0v) is 11.5. The van der Waals surface area contributed by atoms with Crippen molar-refractivity contribution in [3.05, 3.63) is 71.4 Å². The van der Waals surface area contributed by atoms with Crippen LogP contribution in [0.5, 0.6) is 0 Å². The number of rotatable bonds is 3. The van der Waals surface area contributed by atoms with E-state index in [0.717, 1.165) is 22.2 Å². The number of para-hydroxylation sites is 1. The summed E-state index contributed by atoms with van der Waals surface area (Å²) in [5.41, 5.74) is 6.14. The largest absolute Gasteiger partial charge is 0.271 e. The van der Waals surface area contributed by atoms with Crippen LogP contribution in [0, 0.1) is 12.7 Å². The Kier molecular flexibility index (Phi) is 3.60. The molecule has 5 heteroatoms. The van der Waals surface area contributed by atoms with Crippen LogP contribution in [0.25, 0.3) is 10.9 Å². The van der Waals surface area contributed by atoms with Crippen molar-refractivity contribution >= 4 is 10.9 Å². The van der Waals surface area contributed by atoms with E-state index in [4.69, 9.17) is 5.84 Å². The van der Waals surface area contributed by atoms with E-state index in [0.29, 0.717) is 5.56 Å². The highest BCUT2D eigenvalue weighted by atomic mass is 19.1. The Morgan fingerprint density at radius 2 is 2.00 bits per heavy atom. The molecule has 0 aliphatic rings. The molecule has 0 amide bonds. The fraction of sp³-hybridized carbons (Fsp3) is 0.125. The standard InChI is InChI=1S/C16H15FN4/c1-10-6-14(13-4-2-3-5-15(13)20-10)16(21-18)11-7-12(17)9-19-8-11/h2-9,16,21H,18H2,1H3. The molecule has 4 nitrogen and oxygen atoms in total. The van der Waals surface area contributed by atoms with Gasteiger partial charge in [-0.2, -0.15) is 0 Å². The number of benzene rings is 1. The van der Waals surface area contributed by atoms with Gasteiger partial charge in [-0.1, -0.05) is 18.2 Å². The summed E-state index contributed by atoms with van der Waals surface area (Å²) < 4.78 is 13.4. The quantitative estimate of drug-likeness (QED) is 0.572. The second kappa shape index (κ2) is 5.55. The molecule has 0 radical (unpaired) electrons. The topological polar surface area (TPSA) is 63.8 Å². The third-order valence-electron chi connectivity index (χ3n) is 3.41. The number of hydrazine groups is 1. The van der Waals surface area contributed by atoms with E-state index in [1.807, 2.05) is 37.3 Å². The van der Waals surface area contributed by atoms with E-state index < -0.39 is 0 Å². The second-order valence-corrected chi connectivity index (χ2v) is 4.91. The summed E-state index contributed by atoms with van der Waals surface area (Å²) in [6, 6.07) is 10.9. The van der Waals surface area contributed by atoms with Crippen LogP contribution in [-0.4, -0.2) is 9.97 Å². The van der Waals surface area contributed by atoms with Crippen molar-refractivity contribution in [2.45, 2.75) is 13.0 Å². The number of nitrogens with one attached hydrogen (secondary N) is 1. The lowest BCUT2D eigenvalue weighted by molar-refractivity contribution is 0.599. The van der Waals surface area contributed by atoms with Crippen molar-refractivity contribution in [2.24, 2.45) is 5.84 Å². The summed E-state index contributed by atoms with van der Waals surface area (Å²) in [7, 11) is 0. The summed E-state index contributed by atoms with van der Waals surface area (Å²) in [4.78, 5) is 8.40. The molecule has 0 spiro atoms. The highest BCUT2D eigenvalue weighted by Gasteiger charge is 2.17. The predicted molar refractivity (Wildman–Crippen MR) is 79.8 cm³/mol. The first-order valence-electron chi connectivity index (χ1n) is 6.62. The van der Waals surface area contributed by atoms with Gasteiger partial charge in [-0.05, 0) is 36.2 Å². The predicted octanol–water partition coefficient (Wildman–Crippen LogP) is 2.63. The van der Waals surface area contributed by atoms with Crippen LogP contribution in [0.1, 0.15) is 22.9 Å². The Morgan fingerprint density at radius 1 is 1.19 bits per heavy atom. The van der Waals surface area contributed by atoms with Crippen molar-refractivity contribution < 1.29 is 4.39 Å². The summed E-state index contributed by atoms with van der Waals surface area (Å²) in [5, 5.41) is 0.982. The summed E-state index contributed by atoms with van der Waals surface area (Å²) in [6.07, 6.45) is 2.78. The van der Waals surface area contributed by atoms with Gasteiger partial charge in [0, 0.05) is 17.3 Å². The minimum absolute atomic E-state index is 0.347. The van der Waals surface area contributed by atoms with Crippen molar-refractivity contribution in [2.75, 3.05) is 0 Å². The molecule has 1 aromatic carbocycles. The average Bonchev–Trinajstić information content (AvgIpc) is 2.48. The van der Waals surface area contributed by atoms with Gasteiger partial charge in [0.05, 0.1) is 17.8 Å². The summed E-state index contributed by atoms with van der Waals surface area (Å²) in [5.74, 6) is 5.32. The monoisotopic (exact) mass is 282 g/mol. The molecule has 0 saturated heterocycles. The molecular weight excluding hydrogens is 267 g/mol. The number of hydrogen-bond acceptors (Lipinski definition) is 4. The van der Waals surface area contributed by atoms with Crippen LogP contribution in [0.2, 0.25) is 0 Å². The Hall–Kier alpha value is -2.37. The maximum atomic E-state index is 13.4. The van der Waals surface area contributed by atoms with Crippen LogP contribution in [0.4, 0.5) is 4.39 Å². The molecule has 2 heterocycles. The molecule has 1 unspecified atom stereocenters. The Bertz CT molecular complexity index is 788. The number of aryl methyl sites for hydroxylation is 1. The van der Waals surface area contributed by atoms with Gasteiger partial charge in [-0.3, -0.25) is 15.8 Å². The van der Waals surface area contributed by atoms with Gasteiger partial charge in [-0.25, -0.2) is 9.82 Å². The molecule has 3 aromatic rings. The lowest BCUT2D eigenvalue weighted by atomic mass is 9.96. The first-order chi connectivity index (χ1) is 10.2. The van der Waals surface area contributed by atoms with Crippen LogP contribution < -0.4 is 11.3 Å². The molecule has 3 N–H and O–H groups in total. The Balaban J connectivity index is 2.21. The van der Waals surface area contributed by atoms with Crippen molar-refractivity contribution in [1.82, 2.24) is 15.4 Å². The lowest BCUT2D eigenvalue weighted by Gasteiger charge is -2.19. The van der Waals surface area contributed by atoms with Gasteiger partial charge in [0.15, 0.2) is 0 Å². The average molecular weight is 282 g/mol. The lowest BCUT2D eigenvalue weighted by Crippen LogP contribution is -2.29. The van der Waals surface area contributed by atoms with E-state index >= 15 is 0 Å². The molecule has 2 aromatic heterocycles. The molecule has 0 aliphatic heterocycles. The van der Waals surface area contributed by atoms with Crippen LogP contribution >= 0.6 is 0 Å². The summed E-state index contributed by atoms with van der Waals surface area (Å²) in [6.45, 7) is 1.92. The van der Waals surface area contributed by atoms with Gasteiger partial charge in [0.25, 0.3) is 0 Å². The first kappa shape index (κ1) is 13.6. The number of nitrogens with zero attached hydrogens (tertiary/aromatic N) is 2. The molecule has 106 valence electrons. The minimum atomic E-state index is -0.386. The van der Waals surface area contributed by atoms with Crippen molar-refractivity contribution in [3.8, 4) is 0 Å². The van der Waals surface area contributed by atoms with Crippen LogP contribution in [0.3, 0.4) is 0 Å². The Morgan fingerprint density at radius 3 is 2.76 bits per heavy atom. The fourth-order valence-electron chi connectivity index (χ4n) is 2.53. The highest BCUT2D eigenvalue weighted by Crippen LogP contribution is 2.28. The molecule has 1 atom stereocenters. The number of aromatic nitrogens is 2. The van der Waals surface area contributed by atoms with Crippen LogP contribution in [0.15, 0.2) is 48.8 Å². The van der Waals surface area contributed by atoms with E-state index in [2.05, 4.69) is 15.4 Å². The maximum Gasteiger partial charge on any atom is 0.141 e. The number of pyridine rings is 2. The smallest absolute Gasteiger partial charge is 0.141 e. The van der Waals surface area contributed by atoms with Gasteiger partial charge in [-0.15, -0.1) is 0 Å². The third kappa shape index (κ3) is 2.61. The number of fused-ring (bicyclic) bond motifs is 1. The van der Waals surface area contributed by atoms with E-state index in [-0.39, 0.29) is 11.9 Å². The van der Waals surface area contributed by atoms with Gasteiger partial charge in [0.2, 0.25) is 0 Å². The molecule has 21 heavy (non-hydrogen) atoms. The van der Waals surface area contributed by atoms with Crippen molar-refractivity contribution in [1.29, 1.82) is 0 Å². The molecule has 0 bridgehead atoms. The van der Waals surface area contributed by atoms with Crippen LogP contribution in [-0.2, 0) is 0 Å². The normalized spacial score (nSPS) is 12.5. The molecule has 0 aliphatic carbocycles. The van der Waals surface area contributed by atoms with Gasteiger partial charge < -0.3 is 0 Å². The van der Waals surface area contributed by atoms with E-state index in [1.165, 1.54) is 12.3 Å². The maximum absolute atomic E-state index is 13.4. The SMILES string of the molecule is Cc1cc(C(NN)c2cncc(F)c2)c2ccccc2n1.